The van der Waals surface area contributed by atoms with Crippen molar-refractivity contribution < 1.29 is 0 Å². The fraction of sp³-hybridized carbons (Fsp3) is 1.00. The molecule has 0 heterocycles. The summed E-state index contributed by atoms with van der Waals surface area (Å²) in [4.78, 5) is 0. The van der Waals surface area contributed by atoms with Crippen LogP contribution in [0, 0.1) is 17.3 Å². The molecule has 0 aliphatic heterocycles. The van der Waals surface area contributed by atoms with Crippen molar-refractivity contribution in [1.82, 2.24) is 5.32 Å². The van der Waals surface area contributed by atoms with E-state index in [1.54, 1.807) is 0 Å². The Bertz CT molecular complexity index is 142. The highest BCUT2D eigenvalue weighted by Gasteiger charge is 2.51. The van der Waals surface area contributed by atoms with Gasteiger partial charge in [0.05, 0.1) is 0 Å². The zero-order valence-electron chi connectivity index (χ0n) is 8.98. The summed E-state index contributed by atoms with van der Waals surface area (Å²) in [6.07, 6.45) is 4.17. The SMILES string of the molecule is CCC(C)C1(C)CC1CCNC. The summed E-state index contributed by atoms with van der Waals surface area (Å²) in [6.45, 7) is 8.36. The van der Waals surface area contributed by atoms with E-state index < -0.39 is 0 Å². The fourth-order valence-electron chi connectivity index (χ4n) is 2.29. The van der Waals surface area contributed by atoms with Gasteiger partial charge in [0.1, 0.15) is 0 Å². The predicted molar refractivity (Wildman–Crippen MR) is 54.2 cm³/mol. The molecule has 0 bridgehead atoms. The van der Waals surface area contributed by atoms with E-state index in [4.69, 9.17) is 0 Å². The number of hydrogen-bond acceptors (Lipinski definition) is 1. The van der Waals surface area contributed by atoms with Crippen molar-refractivity contribution in [2.75, 3.05) is 13.6 Å². The van der Waals surface area contributed by atoms with E-state index in [2.05, 4.69) is 26.1 Å². The van der Waals surface area contributed by atoms with Gasteiger partial charge in [0.2, 0.25) is 0 Å². The lowest BCUT2D eigenvalue weighted by Gasteiger charge is -2.18. The van der Waals surface area contributed by atoms with Crippen molar-refractivity contribution in [3.8, 4) is 0 Å². The Hall–Kier alpha value is -0.0400. The molecule has 0 amide bonds. The van der Waals surface area contributed by atoms with E-state index in [-0.39, 0.29) is 0 Å². The Morgan fingerprint density at radius 1 is 1.58 bits per heavy atom. The van der Waals surface area contributed by atoms with Crippen LogP contribution in [-0.2, 0) is 0 Å². The summed E-state index contributed by atoms with van der Waals surface area (Å²) in [7, 11) is 2.04. The van der Waals surface area contributed by atoms with Crippen LogP contribution in [0.15, 0.2) is 0 Å². The molecule has 12 heavy (non-hydrogen) atoms. The quantitative estimate of drug-likeness (QED) is 0.667. The van der Waals surface area contributed by atoms with Gasteiger partial charge in [-0.3, -0.25) is 0 Å². The minimum Gasteiger partial charge on any atom is -0.320 e. The zero-order valence-corrected chi connectivity index (χ0v) is 8.98. The van der Waals surface area contributed by atoms with Crippen molar-refractivity contribution in [1.29, 1.82) is 0 Å². The van der Waals surface area contributed by atoms with Crippen LogP contribution >= 0.6 is 0 Å². The standard InChI is InChI=1S/C11H23N/c1-5-9(2)11(3)8-10(11)6-7-12-4/h9-10,12H,5-8H2,1-4H3. The van der Waals surface area contributed by atoms with E-state index in [9.17, 15) is 0 Å². The fourth-order valence-corrected chi connectivity index (χ4v) is 2.29. The summed E-state index contributed by atoms with van der Waals surface area (Å²) >= 11 is 0. The van der Waals surface area contributed by atoms with Crippen LogP contribution in [-0.4, -0.2) is 13.6 Å². The Labute approximate surface area is 76.9 Å². The van der Waals surface area contributed by atoms with Crippen molar-refractivity contribution in [3.63, 3.8) is 0 Å². The van der Waals surface area contributed by atoms with Gasteiger partial charge in [-0.1, -0.05) is 27.2 Å². The molecule has 0 aromatic rings. The first kappa shape index (κ1) is 10.0. The average Bonchev–Trinajstić information content (AvgIpc) is 2.74. The minimum atomic E-state index is 0.686. The number of nitrogens with one attached hydrogen (secondary N) is 1. The molecule has 0 saturated heterocycles. The molecule has 0 radical (unpaired) electrons. The number of rotatable bonds is 5. The highest BCUT2D eigenvalue weighted by Crippen LogP contribution is 2.59. The Kier molecular flexibility index (Phi) is 3.16. The molecule has 0 spiro atoms. The van der Waals surface area contributed by atoms with Gasteiger partial charge < -0.3 is 5.32 Å². The maximum absolute atomic E-state index is 3.23. The molecule has 3 atom stereocenters. The molecule has 72 valence electrons. The number of hydrogen-bond donors (Lipinski definition) is 1. The first-order valence-corrected chi connectivity index (χ1v) is 5.29. The van der Waals surface area contributed by atoms with Crippen LogP contribution in [0.5, 0.6) is 0 Å². The molecule has 1 saturated carbocycles. The highest BCUT2D eigenvalue weighted by molar-refractivity contribution is 5.01. The second-order valence-electron chi connectivity index (χ2n) is 4.61. The monoisotopic (exact) mass is 169 g/mol. The van der Waals surface area contributed by atoms with E-state index in [1.807, 2.05) is 7.05 Å². The van der Waals surface area contributed by atoms with E-state index >= 15 is 0 Å². The Morgan fingerprint density at radius 3 is 2.75 bits per heavy atom. The van der Waals surface area contributed by atoms with E-state index in [0.29, 0.717) is 5.41 Å². The topological polar surface area (TPSA) is 12.0 Å². The van der Waals surface area contributed by atoms with Gasteiger partial charge >= 0.3 is 0 Å². The molecule has 1 aliphatic carbocycles. The third-order valence-electron chi connectivity index (χ3n) is 3.94. The molecule has 1 N–H and O–H groups in total. The Morgan fingerprint density at radius 2 is 2.25 bits per heavy atom. The summed E-state index contributed by atoms with van der Waals surface area (Å²) < 4.78 is 0. The van der Waals surface area contributed by atoms with Gasteiger partial charge in [0.15, 0.2) is 0 Å². The van der Waals surface area contributed by atoms with E-state index in [1.165, 1.54) is 25.8 Å². The largest absolute Gasteiger partial charge is 0.320 e. The summed E-state index contributed by atoms with van der Waals surface area (Å²) in [5, 5.41) is 3.23. The van der Waals surface area contributed by atoms with Gasteiger partial charge in [0, 0.05) is 0 Å². The molecule has 0 aromatic heterocycles. The van der Waals surface area contributed by atoms with Crippen LogP contribution in [0.3, 0.4) is 0 Å². The molecule has 1 aliphatic rings. The molecule has 1 rings (SSSR count). The van der Waals surface area contributed by atoms with Crippen molar-refractivity contribution in [2.24, 2.45) is 17.3 Å². The van der Waals surface area contributed by atoms with Gasteiger partial charge in [-0.05, 0) is 43.7 Å². The minimum absolute atomic E-state index is 0.686. The summed E-state index contributed by atoms with van der Waals surface area (Å²) in [5.74, 6) is 1.92. The normalized spacial score (nSPS) is 36.5. The second-order valence-corrected chi connectivity index (χ2v) is 4.61. The van der Waals surface area contributed by atoms with Gasteiger partial charge in [0.25, 0.3) is 0 Å². The van der Waals surface area contributed by atoms with Crippen LogP contribution < -0.4 is 5.32 Å². The van der Waals surface area contributed by atoms with Gasteiger partial charge in [-0.15, -0.1) is 0 Å². The van der Waals surface area contributed by atoms with Gasteiger partial charge in [-0.25, -0.2) is 0 Å². The van der Waals surface area contributed by atoms with Crippen molar-refractivity contribution in [3.05, 3.63) is 0 Å². The lowest BCUT2D eigenvalue weighted by atomic mass is 9.87. The first-order valence-electron chi connectivity index (χ1n) is 5.29. The van der Waals surface area contributed by atoms with Crippen molar-refractivity contribution in [2.45, 2.75) is 40.0 Å². The first-order chi connectivity index (χ1) is 5.65. The maximum Gasteiger partial charge on any atom is -0.00491 e. The predicted octanol–water partition coefficient (Wildman–Crippen LogP) is 2.67. The summed E-state index contributed by atoms with van der Waals surface area (Å²) in [5.41, 5.74) is 0.686. The zero-order chi connectivity index (χ0) is 9.19. The highest BCUT2D eigenvalue weighted by atomic mass is 14.8. The molecule has 1 fully saturated rings. The second kappa shape index (κ2) is 3.78. The summed E-state index contributed by atoms with van der Waals surface area (Å²) in [6, 6.07) is 0. The lowest BCUT2D eigenvalue weighted by molar-refractivity contribution is 0.315. The van der Waals surface area contributed by atoms with Crippen LogP contribution in [0.1, 0.15) is 40.0 Å². The Balaban J connectivity index is 2.27. The van der Waals surface area contributed by atoms with Gasteiger partial charge in [-0.2, -0.15) is 0 Å². The third-order valence-corrected chi connectivity index (χ3v) is 3.94. The molecule has 3 unspecified atom stereocenters. The molecule has 1 heteroatoms. The molecule has 0 aromatic carbocycles. The molecule has 1 nitrogen and oxygen atoms in total. The smallest absolute Gasteiger partial charge is 0.00491 e. The molecular weight excluding hydrogens is 146 g/mol. The van der Waals surface area contributed by atoms with Crippen LogP contribution in [0.4, 0.5) is 0 Å². The third kappa shape index (κ3) is 1.82. The average molecular weight is 169 g/mol. The lowest BCUT2D eigenvalue weighted by Crippen LogP contribution is -2.14. The van der Waals surface area contributed by atoms with E-state index in [0.717, 1.165) is 11.8 Å². The van der Waals surface area contributed by atoms with Crippen molar-refractivity contribution >= 4 is 0 Å². The maximum atomic E-state index is 3.23. The van der Waals surface area contributed by atoms with Crippen LogP contribution in [0.25, 0.3) is 0 Å². The molecular formula is C11H23N. The van der Waals surface area contributed by atoms with Crippen LogP contribution in [0.2, 0.25) is 0 Å².